The van der Waals surface area contributed by atoms with Crippen LogP contribution in [0.15, 0.2) is 24.3 Å². The fourth-order valence-corrected chi connectivity index (χ4v) is 2.22. The molecular formula is C14H18F3NO2. The van der Waals surface area contributed by atoms with Crippen LogP contribution in [0.4, 0.5) is 13.2 Å². The molecule has 0 saturated heterocycles. The zero-order valence-corrected chi connectivity index (χ0v) is 11.2. The Hall–Kier alpha value is -1.11. The van der Waals surface area contributed by atoms with Crippen LogP contribution >= 0.6 is 0 Å². The van der Waals surface area contributed by atoms with E-state index in [4.69, 9.17) is 4.74 Å². The summed E-state index contributed by atoms with van der Waals surface area (Å²) in [4.78, 5) is 0. The molecule has 1 saturated carbocycles. The van der Waals surface area contributed by atoms with Crippen LogP contribution < -0.4 is 5.32 Å². The van der Waals surface area contributed by atoms with E-state index in [1.807, 2.05) is 0 Å². The summed E-state index contributed by atoms with van der Waals surface area (Å²) in [6.45, 7) is 0.326. The first kappa shape index (κ1) is 15.3. The summed E-state index contributed by atoms with van der Waals surface area (Å²) >= 11 is 0. The molecule has 1 unspecified atom stereocenters. The van der Waals surface area contributed by atoms with E-state index in [0.717, 1.165) is 25.0 Å². The average molecular weight is 289 g/mol. The van der Waals surface area contributed by atoms with Gasteiger partial charge in [-0.2, -0.15) is 13.2 Å². The van der Waals surface area contributed by atoms with Gasteiger partial charge in [-0.1, -0.05) is 12.1 Å². The number of rotatable bonds is 5. The summed E-state index contributed by atoms with van der Waals surface area (Å²) in [6, 6.07) is 4.91. The molecular weight excluding hydrogens is 271 g/mol. The number of halogens is 3. The number of alkyl halides is 3. The smallest absolute Gasteiger partial charge is 0.387 e. The number of benzene rings is 1. The third-order valence-corrected chi connectivity index (χ3v) is 3.65. The van der Waals surface area contributed by atoms with Crippen molar-refractivity contribution in [2.45, 2.75) is 37.3 Å². The summed E-state index contributed by atoms with van der Waals surface area (Å²) in [5.41, 5.74) is -0.226. The van der Waals surface area contributed by atoms with E-state index in [2.05, 4.69) is 5.32 Å². The molecule has 0 radical (unpaired) electrons. The Balaban J connectivity index is 1.82. The highest BCUT2D eigenvalue weighted by molar-refractivity contribution is 5.26. The van der Waals surface area contributed by atoms with Crippen LogP contribution in [-0.4, -0.2) is 30.9 Å². The fraction of sp³-hybridized carbons (Fsp3) is 0.571. The maximum absolute atomic E-state index is 12.4. The Morgan fingerprint density at radius 3 is 2.40 bits per heavy atom. The van der Waals surface area contributed by atoms with Gasteiger partial charge in [-0.3, -0.25) is 0 Å². The lowest BCUT2D eigenvalue weighted by Gasteiger charge is -2.35. The Morgan fingerprint density at radius 2 is 1.90 bits per heavy atom. The molecule has 1 aromatic carbocycles. The second-order valence-electron chi connectivity index (χ2n) is 5.07. The van der Waals surface area contributed by atoms with Gasteiger partial charge in [0.05, 0.1) is 17.8 Å². The Bertz CT molecular complexity index is 427. The van der Waals surface area contributed by atoms with Gasteiger partial charge in [-0.25, -0.2) is 0 Å². The standard InChI is InChI=1S/C14H18F3NO2/c1-20-12-6-11(7-12)18-8-13(19)9-2-4-10(5-3-9)14(15,16)17/h2-5,11-13,18-19H,6-8H2,1H3. The van der Waals surface area contributed by atoms with Gasteiger partial charge in [-0.05, 0) is 30.5 Å². The normalized spacial score (nSPS) is 24.2. The van der Waals surface area contributed by atoms with Crippen molar-refractivity contribution >= 4 is 0 Å². The topological polar surface area (TPSA) is 41.5 Å². The quantitative estimate of drug-likeness (QED) is 0.875. The average Bonchev–Trinajstić information content (AvgIpc) is 2.36. The zero-order chi connectivity index (χ0) is 14.8. The van der Waals surface area contributed by atoms with E-state index >= 15 is 0 Å². The third kappa shape index (κ3) is 3.71. The largest absolute Gasteiger partial charge is 0.416 e. The Kier molecular flexibility index (Phi) is 4.67. The van der Waals surface area contributed by atoms with Gasteiger partial charge < -0.3 is 15.2 Å². The molecule has 1 aliphatic rings. The maximum atomic E-state index is 12.4. The second-order valence-corrected chi connectivity index (χ2v) is 5.07. The number of ether oxygens (including phenoxy) is 1. The van der Waals surface area contributed by atoms with Crippen LogP contribution in [0.1, 0.15) is 30.1 Å². The SMILES string of the molecule is COC1CC(NCC(O)c2ccc(C(F)(F)F)cc2)C1. The highest BCUT2D eigenvalue weighted by Gasteiger charge is 2.31. The van der Waals surface area contributed by atoms with Crippen molar-refractivity contribution < 1.29 is 23.0 Å². The molecule has 2 N–H and O–H groups in total. The summed E-state index contributed by atoms with van der Waals surface area (Å²) in [5.74, 6) is 0. The number of aliphatic hydroxyl groups is 1. The second kappa shape index (κ2) is 6.11. The predicted octanol–water partition coefficient (Wildman–Crippen LogP) is 2.51. The van der Waals surface area contributed by atoms with Crippen LogP contribution in [0.3, 0.4) is 0 Å². The molecule has 1 fully saturated rings. The van der Waals surface area contributed by atoms with Crippen molar-refractivity contribution in [1.82, 2.24) is 5.32 Å². The lowest BCUT2D eigenvalue weighted by molar-refractivity contribution is -0.137. The van der Waals surface area contributed by atoms with E-state index in [0.29, 0.717) is 18.2 Å². The molecule has 0 bridgehead atoms. The zero-order valence-electron chi connectivity index (χ0n) is 11.2. The summed E-state index contributed by atoms with van der Waals surface area (Å²) in [7, 11) is 1.66. The molecule has 20 heavy (non-hydrogen) atoms. The number of aliphatic hydroxyl groups excluding tert-OH is 1. The summed E-state index contributed by atoms with van der Waals surface area (Å²) in [6.07, 6.45) is -3.08. The molecule has 0 amide bonds. The molecule has 2 rings (SSSR count). The number of hydrogen-bond donors (Lipinski definition) is 2. The van der Waals surface area contributed by atoms with Gasteiger partial charge in [0.15, 0.2) is 0 Å². The van der Waals surface area contributed by atoms with E-state index in [-0.39, 0.29) is 6.10 Å². The highest BCUT2D eigenvalue weighted by atomic mass is 19.4. The lowest BCUT2D eigenvalue weighted by atomic mass is 9.89. The van der Waals surface area contributed by atoms with E-state index in [9.17, 15) is 18.3 Å². The van der Waals surface area contributed by atoms with Gasteiger partial charge in [0, 0.05) is 19.7 Å². The fourth-order valence-electron chi connectivity index (χ4n) is 2.22. The van der Waals surface area contributed by atoms with Crippen LogP contribution in [-0.2, 0) is 10.9 Å². The molecule has 3 nitrogen and oxygen atoms in total. The first-order valence-corrected chi connectivity index (χ1v) is 6.51. The van der Waals surface area contributed by atoms with Crippen LogP contribution in [0.5, 0.6) is 0 Å². The number of hydrogen-bond acceptors (Lipinski definition) is 3. The summed E-state index contributed by atoms with van der Waals surface area (Å²) in [5, 5.41) is 13.1. The first-order valence-electron chi connectivity index (χ1n) is 6.51. The molecule has 1 aliphatic carbocycles. The molecule has 0 aromatic heterocycles. The van der Waals surface area contributed by atoms with Crippen LogP contribution in [0.25, 0.3) is 0 Å². The number of methoxy groups -OCH3 is 1. The maximum Gasteiger partial charge on any atom is 0.416 e. The van der Waals surface area contributed by atoms with E-state index in [1.165, 1.54) is 12.1 Å². The van der Waals surface area contributed by atoms with Gasteiger partial charge in [0.1, 0.15) is 0 Å². The van der Waals surface area contributed by atoms with Crippen LogP contribution in [0, 0.1) is 0 Å². The van der Waals surface area contributed by atoms with E-state index < -0.39 is 17.8 Å². The van der Waals surface area contributed by atoms with Crippen molar-refractivity contribution in [2.24, 2.45) is 0 Å². The van der Waals surface area contributed by atoms with Crippen molar-refractivity contribution in [3.8, 4) is 0 Å². The summed E-state index contributed by atoms with van der Waals surface area (Å²) < 4.78 is 42.4. The minimum atomic E-state index is -4.34. The molecule has 1 aromatic rings. The predicted molar refractivity (Wildman–Crippen MR) is 68.2 cm³/mol. The van der Waals surface area contributed by atoms with Crippen LogP contribution in [0.2, 0.25) is 0 Å². The Labute approximate surface area is 115 Å². The van der Waals surface area contributed by atoms with Crippen molar-refractivity contribution in [3.63, 3.8) is 0 Å². The van der Waals surface area contributed by atoms with Gasteiger partial charge in [0.25, 0.3) is 0 Å². The van der Waals surface area contributed by atoms with Crippen molar-refractivity contribution in [1.29, 1.82) is 0 Å². The van der Waals surface area contributed by atoms with Crippen molar-refractivity contribution in [2.75, 3.05) is 13.7 Å². The third-order valence-electron chi connectivity index (χ3n) is 3.65. The lowest BCUT2D eigenvalue weighted by Crippen LogP contribution is -2.46. The van der Waals surface area contributed by atoms with Gasteiger partial charge in [-0.15, -0.1) is 0 Å². The minimum Gasteiger partial charge on any atom is -0.387 e. The Morgan fingerprint density at radius 1 is 1.30 bits per heavy atom. The monoisotopic (exact) mass is 289 g/mol. The van der Waals surface area contributed by atoms with E-state index in [1.54, 1.807) is 7.11 Å². The molecule has 0 spiro atoms. The van der Waals surface area contributed by atoms with Gasteiger partial charge >= 0.3 is 6.18 Å². The minimum absolute atomic E-state index is 0.274. The molecule has 6 heteroatoms. The number of nitrogens with one attached hydrogen (secondary N) is 1. The van der Waals surface area contributed by atoms with Gasteiger partial charge in [0.2, 0.25) is 0 Å². The molecule has 112 valence electrons. The molecule has 0 aliphatic heterocycles. The highest BCUT2D eigenvalue weighted by Crippen LogP contribution is 2.30. The van der Waals surface area contributed by atoms with Crippen molar-refractivity contribution in [3.05, 3.63) is 35.4 Å². The molecule has 0 heterocycles. The molecule has 1 atom stereocenters. The first-order chi connectivity index (χ1) is 9.40.